The summed E-state index contributed by atoms with van der Waals surface area (Å²) in [5.41, 5.74) is 2.79. The highest BCUT2D eigenvalue weighted by Gasteiger charge is 2.36. The number of ether oxygens (including phenoxy) is 1. The minimum absolute atomic E-state index is 0.125. The Balaban J connectivity index is 1.68. The molecule has 0 amide bonds. The normalized spacial score (nSPS) is 15.4. The fourth-order valence-corrected chi connectivity index (χ4v) is 5.17. The number of esters is 1. The highest BCUT2D eigenvalue weighted by atomic mass is 32.2. The first-order valence-electron chi connectivity index (χ1n) is 9.62. The third-order valence-corrected chi connectivity index (χ3v) is 6.81. The number of rotatable bonds is 7. The molecule has 31 heavy (non-hydrogen) atoms. The summed E-state index contributed by atoms with van der Waals surface area (Å²) in [6.45, 7) is 7.56. The number of aromatic nitrogens is 3. The number of benzene rings is 1. The van der Waals surface area contributed by atoms with E-state index >= 15 is 0 Å². The molecule has 0 saturated heterocycles. The summed E-state index contributed by atoms with van der Waals surface area (Å²) < 4.78 is 21.0. The molecule has 1 atom stereocenters. The number of thioether (sulfide) groups is 1. The molecular formula is C22H21FN4O2S2. The first-order chi connectivity index (χ1) is 15.0. The van der Waals surface area contributed by atoms with Crippen molar-refractivity contribution in [2.24, 2.45) is 0 Å². The molecule has 2 aromatic heterocycles. The van der Waals surface area contributed by atoms with Gasteiger partial charge in [0, 0.05) is 16.3 Å². The first kappa shape index (κ1) is 21.3. The summed E-state index contributed by atoms with van der Waals surface area (Å²) in [6.07, 6.45) is 1.54. The summed E-state index contributed by atoms with van der Waals surface area (Å²) in [7, 11) is 0. The van der Waals surface area contributed by atoms with Crippen LogP contribution in [0.15, 0.2) is 64.8 Å². The van der Waals surface area contributed by atoms with Gasteiger partial charge in [0.05, 0.1) is 5.57 Å². The van der Waals surface area contributed by atoms with Gasteiger partial charge in [0.25, 0.3) is 0 Å². The van der Waals surface area contributed by atoms with E-state index in [1.807, 2.05) is 25.3 Å². The molecule has 3 heterocycles. The second-order valence-electron chi connectivity index (χ2n) is 6.96. The molecule has 0 radical (unpaired) electrons. The molecule has 1 N–H and O–H groups in total. The first-order valence-corrected chi connectivity index (χ1v) is 11.5. The predicted octanol–water partition coefficient (Wildman–Crippen LogP) is 5.10. The highest BCUT2D eigenvalue weighted by Crippen LogP contribution is 2.40. The van der Waals surface area contributed by atoms with E-state index in [2.05, 4.69) is 22.0 Å². The second kappa shape index (κ2) is 9.07. The lowest BCUT2D eigenvalue weighted by Crippen LogP contribution is -2.29. The van der Waals surface area contributed by atoms with Gasteiger partial charge >= 0.3 is 5.97 Å². The van der Waals surface area contributed by atoms with Crippen molar-refractivity contribution in [2.75, 3.05) is 11.9 Å². The second-order valence-corrected chi connectivity index (χ2v) is 8.85. The molecule has 1 aromatic carbocycles. The molecule has 1 unspecified atom stereocenters. The smallest absolute Gasteiger partial charge is 0.338 e. The van der Waals surface area contributed by atoms with E-state index in [4.69, 9.17) is 4.74 Å². The number of fused-ring (bicyclic) bond motifs is 1. The molecule has 6 nitrogen and oxygen atoms in total. The van der Waals surface area contributed by atoms with E-state index < -0.39 is 12.0 Å². The van der Waals surface area contributed by atoms with E-state index in [1.165, 1.54) is 23.9 Å². The predicted molar refractivity (Wildman–Crippen MR) is 121 cm³/mol. The van der Waals surface area contributed by atoms with Gasteiger partial charge in [-0.2, -0.15) is 4.98 Å². The molecule has 1 aliphatic rings. The summed E-state index contributed by atoms with van der Waals surface area (Å²) in [4.78, 5) is 18.4. The maximum atomic E-state index is 14.0. The number of nitrogens with one attached hydrogen (secondary N) is 1. The summed E-state index contributed by atoms with van der Waals surface area (Å²) in [5.74, 6) is 0.254. The van der Waals surface area contributed by atoms with Crippen molar-refractivity contribution in [2.45, 2.75) is 30.8 Å². The SMILES string of the molecule is C=CCOC(=O)C1=C(C)Nc2nc(SCc3ccccc3F)nn2C1c1sccc1C. The van der Waals surface area contributed by atoms with E-state index in [1.54, 1.807) is 34.2 Å². The van der Waals surface area contributed by atoms with Gasteiger partial charge in [0.1, 0.15) is 18.5 Å². The third kappa shape index (κ3) is 4.28. The Morgan fingerprint density at radius 2 is 2.19 bits per heavy atom. The van der Waals surface area contributed by atoms with Crippen LogP contribution in [0.4, 0.5) is 10.3 Å². The van der Waals surface area contributed by atoms with Gasteiger partial charge in [-0.15, -0.1) is 16.4 Å². The molecule has 160 valence electrons. The van der Waals surface area contributed by atoms with Crippen LogP contribution < -0.4 is 5.32 Å². The maximum absolute atomic E-state index is 14.0. The Bertz CT molecular complexity index is 1170. The quantitative estimate of drug-likeness (QED) is 0.303. The molecule has 0 saturated carbocycles. The number of halogens is 1. The van der Waals surface area contributed by atoms with E-state index in [-0.39, 0.29) is 12.4 Å². The van der Waals surface area contributed by atoms with Gasteiger partial charge in [-0.3, -0.25) is 0 Å². The Kier molecular flexibility index (Phi) is 6.24. The van der Waals surface area contributed by atoms with Gasteiger partial charge in [0.15, 0.2) is 0 Å². The van der Waals surface area contributed by atoms with Gasteiger partial charge in [-0.25, -0.2) is 13.9 Å². The Labute approximate surface area is 187 Å². The van der Waals surface area contributed by atoms with Crippen molar-refractivity contribution in [3.63, 3.8) is 0 Å². The average molecular weight is 457 g/mol. The fraction of sp³-hybridized carbons (Fsp3) is 0.227. The molecule has 3 aromatic rings. The Morgan fingerprint density at radius 3 is 2.90 bits per heavy atom. The fourth-order valence-electron chi connectivity index (χ4n) is 3.33. The standard InChI is InChI=1S/C22H21FN4O2S2/c1-4-10-29-20(28)17-14(3)24-21-25-22(31-12-15-7-5-6-8-16(15)23)26-27(21)18(17)19-13(2)9-11-30-19/h4-9,11,18H,1,10,12H2,2-3H3,(H,24,25,26). The van der Waals surface area contributed by atoms with E-state index in [0.717, 1.165) is 10.4 Å². The highest BCUT2D eigenvalue weighted by molar-refractivity contribution is 7.98. The van der Waals surface area contributed by atoms with Crippen molar-refractivity contribution in [1.82, 2.24) is 14.8 Å². The van der Waals surface area contributed by atoms with Gasteiger partial charge in [0.2, 0.25) is 11.1 Å². The van der Waals surface area contributed by atoms with Gasteiger partial charge in [-0.05, 0) is 42.5 Å². The van der Waals surface area contributed by atoms with Crippen molar-refractivity contribution in [3.8, 4) is 0 Å². The number of hydrogen-bond donors (Lipinski definition) is 1. The van der Waals surface area contributed by atoms with Crippen LogP contribution in [0, 0.1) is 12.7 Å². The largest absolute Gasteiger partial charge is 0.458 e. The number of carbonyl (C=O) groups excluding carboxylic acids is 1. The van der Waals surface area contributed by atoms with Crippen LogP contribution in [-0.2, 0) is 15.3 Å². The van der Waals surface area contributed by atoms with Crippen LogP contribution in [0.2, 0.25) is 0 Å². The summed E-state index contributed by atoms with van der Waals surface area (Å²) in [5, 5.41) is 10.3. The molecule has 0 spiro atoms. The Hall–Kier alpha value is -2.91. The van der Waals surface area contributed by atoms with Gasteiger partial charge < -0.3 is 10.1 Å². The third-order valence-electron chi connectivity index (χ3n) is 4.85. The zero-order chi connectivity index (χ0) is 22.0. The zero-order valence-electron chi connectivity index (χ0n) is 17.1. The maximum Gasteiger partial charge on any atom is 0.338 e. The number of allylic oxidation sites excluding steroid dienone is 1. The monoisotopic (exact) mass is 456 g/mol. The number of nitrogens with zero attached hydrogens (tertiary/aromatic N) is 3. The molecular weight excluding hydrogens is 435 g/mol. The molecule has 0 bridgehead atoms. The number of aryl methyl sites for hydroxylation is 1. The van der Waals surface area contributed by atoms with Crippen molar-refractivity contribution in [1.29, 1.82) is 0 Å². The van der Waals surface area contributed by atoms with Gasteiger partial charge in [-0.1, -0.05) is 42.6 Å². The Morgan fingerprint density at radius 1 is 1.39 bits per heavy atom. The number of thiophene rings is 1. The molecule has 9 heteroatoms. The van der Waals surface area contributed by atoms with E-state index in [0.29, 0.717) is 33.7 Å². The number of anilines is 1. The van der Waals surface area contributed by atoms with Crippen LogP contribution in [0.25, 0.3) is 0 Å². The topological polar surface area (TPSA) is 69.0 Å². The number of carbonyl (C=O) groups is 1. The number of hydrogen-bond acceptors (Lipinski definition) is 7. The lowest BCUT2D eigenvalue weighted by Gasteiger charge is -2.27. The molecule has 1 aliphatic heterocycles. The van der Waals surface area contributed by atoms with Crippen molar-refractivity contribution < 1.29 is 13.9 Å². The minimum Gasteiger partial charge on any atom is -0.458 e. The zero-order valence-corrected chi connectivity index (χ0v) is 18.7. The molecule has 0 fully saturated rings. The minimum atomic E-state index is -0.455. The van der Waals surface area contributed by atoms with Crippen LogP contribution in [0.1, 0.15) is 29.0 Å². The average Bonchev–Trinajstić information content (AvgIpc) is 3.36. The van der Waals surface area contributed by atoms with Crippen LogP contribution in [0.3, 0.4) is 0 Å². The lowest BCUT2D eigenvalue weighted by molar-refractivity contribution is -0.138. The van der Waals surface area contributed by atoms with Crippen molar-refractivity contribution >= 4 is 35.0 Å². The molecule has 0 aliphatic carbocycles. The summed E-state index contributed by atoms with van der Waals surface area (Å²) in [6, 6.07) is 8.20. The van der Waals surface area contributed by atoms with E-state index in [9.17, 15) is 9.18 Å². The van der Waals surface area contributed by atoms with Crippen molar-refractivity contribution in [3.05, 3.63) is 81.5 Å². The van der Waals surface area contributed by atoms with Crippen LogP contribution in [-0.4, -0.2) is 27.3 Å². The van der Waals surface area contributed by atoms with Crippen LogP contribution in [0.5, 0.6) is 0 Å². The summed E-state index contributed by atoms with van der Waals surface area (Å²) >= 11 is 2.90. The molecule has 4 rings (SSSR count). The van der Waals surface area contributed by atoms with Crippen LogP contribution >= 0.6 is 23.1 Å². The lowest BCUT2D eigenvalue weighted by atomic mass is 10.00.